The average Bonchev–Trinajstić information content (AvgIpc) is 2.59. The maximum absolute atomic E-state index is 13.3. The molecule has 0 spiro atoms. The number of hydrogen-bond acceptors (Lipinski definition) is 1. The molecular weight excluding hydrogens is 210 g/mol. The Morgan fingerprint density at radius 3 is 2.56 bits per heavy atom. The number of aryl methyl sites for hydroxylation is 1. The number of hydrogen-bond donors (Lipinski definition) is 1. The SMILES string of the molecule is Cn1cc(C2(N)CC2(F)F)c2ccccc21. The maximum Gasteiger partial charge on any atom is 0.272 e. The fraction of sp³-hybridized carbons (Fsp3) is 0.333. The van der Waals surface area contributed by atoms with Crippen molar-refractivity contribution in [2.75, 3.05) is 0 Å². The van der Waals surface area contributed by atoms with Gasteiger partial charge >= 0.3 is 0 Å². The molecular formula is C12H12F2N2. The fourth-order valence-corrected chi connectivity index (χ4v) is 2.30. The Morgan fingerprint density at radius 1 is 1.31 bits per heavy atom. The Kier molecular flexibility index (Phi) is 1.61. The largest absolute Gasteiger partial charge is 0.350 e. The van der Waals surface area contributed by atoms with E-state index in [0.717, 1.165) is 10.9 Å². The molecule has 1 heterocycles. The van der Waals surface area contributed by atoms with E-state index in [-0.39, 0.29) is 6.42 Å². The van der Waals surface area contributed by atoms with Crippen molar-refractivity contribution in [3.63, 3.8) is 0 Å². The van der Waals surface area contributed by atoms with E-state index >= 15 is 0 Å². The second-order valence-electron chi connectivity index (χ2n) is 4.52. The zero-order chi connectivity index (χ0) is 11.6. The first-order chi connectivity index (χ1) is 7.46. The van der Waals surface area contributed by atoms with E-state index in [9.17, 15) is 8.78 Å². The lowest BCUT2D eigenvalue weighted by atomic mass is 10.0. The molecule has 0 bridgehead atoms. The minimum Gasteiger partial charge on any atom is -0.350 e. The normalized spacial score (nSPS) is 27.2. The van der Waals surface area contributed by atoms with Gasteiger partial charge in [-0.15, -0.1) is 0 Å². The number of benzene rings is 1. The molecule has 0 amide bonds. The molecule has 1 aromatic heterocycles. The van der Waals surface area contributed by atoms with Gasteiger partial charge < -0.3 is 10.3 Å². The molecule has 2 aromatic rings. The quantitative estimate of drug-likeness (QED) is 0.789. The lowest BCUT2D eigenvalue weighted by Crippen LogP contribution is -2.26. The van der Waals surface area contributed by atoms with Crippen LogP contribution in [0.4, 0.5) is 8.78 Å². The van der Waals surface area contributed by atoms with Crippen LogP contribution < -0.4 is 5.73 Å². The van der Waals surface area contributed by atoms with Crippen LogP contribution in [-0.4, -0.2) is 10.5 Å². The number of nitrogens with two attached hydrogens (primary N) is 1. The molecule has 1 aliphatic carbocycles. The van der Waals surface area contributed by atoms with Gasteiger partial charge in [0.1, 0.15) is 5.54 Å². The zero-order valence-corrected chi connectivity index (χ0v) is 8.87. The molecule has 2 nitrogen and oxygen atoms in total. The number of aromatic nitrogens is 1. The predicted octanol–water partition coefficient (Wildman–Crippen LogP) is 2.37. The number of para-hydroxylation sites is 1. The van der Waals surface area contributed by atoms with E-state index in [1.807, 2.05) is 35.9 Å². The van der Waals surface area contributed by atoms with E-state index < -0.39 is 11.5 Å². The van der Waals surface area contributed by atoms with Gasteiger partial charge in [0.2, 0.25) is 0 Å². The minimum atomic E-state index is -2.77. The standard InChI is InChI=1S/C12H12F2N2/c1-16-6-9(11(15)7-12(11,13)14)8-4-2-3-5-10(8)16/h2-6H,7,15H2,1H3. The monoisotopic (exact) mass is 222 g/mol. The van der Waals surface area contributed by atoms with Gasteiger partial charge in [-0.25, -0.2) is 8.78 Å². The molecule has 1 fully saturated rings. The summed E-state index contributed by atoms with van der Waals surface area (Å²) in [6.45, 7) is 0. The summed E-state index contributed by atoms with van der Waals surface area (Å²) >= 11 is 0. The van der Waals surface area contributed by atoms with Crippen LogP contribution in [0.3, 0.4) is 0 Å². The van der Waals surface area contributed by atoms with Gasteiger partial charge in [-0.05, 0) is 6.07 Å². The van der Waals surface area contributed by atoms with Crippen LogP contribution in [0.5, 0.6) is 0 Å². The van der Waals surface area contributed by atoms with Crippen molar-refractivity contribution in [3.8, 4) is 0 Å². The van der Waals surface area contributed by atoms with Crippen LogP contribution in [0.25, 0.3) is 10.9 Å². The maximum atomic E-state index is 13.3. The molecule has 1 saturated carbocycles. The molecule has 0 radical (unpaired) electrons. The van der Waals surface area contributed by atoms with Gasteiger partial charge in [0.05, 0.1) is 0 Å². The lowest BCUT2D eigenvalue weighted by Gasteiger charge is -2.08. The number of halogens is 2. The summed E-state index contributed by atoms with van der Waals surface area (Å²) in [5, 5.41) is 0.824. The van der Waals surface area contributed by atoms with E-state index in [1.54, 1.807) is 6.20 Å². The summed E-state index contributed by atoms with van der Waals surface area (Å²) in [4.78, 5) is 0. The molecule has 4 heteroatoms. The summed E-state index contributed by atoms with van der Waals surface area (Å²) in [5.41, 5.74) is 5.78. The Hall–Kier alpha value is -1.42. The molecule has 0 aliphatic heterocycles. The van der Waals surface area contributed by atoms with Gasteiger partial charge in [-0.2, -0.15) is 0 Å². The molecule has 16 heavy (non-hydrogen) atoms. The van der Waals surface area contributed by atoms with Crippen LogP contribution in [0, 0.1) is 0 Å². The summed E-state index contributed by atoms with van der Waals surface area (Å²) in [6.07, 6.45) is 1.46. The highest BCUT2D eigenvalue weighted by Gasteiger charge is 2.70. The van der Waals surface area contributed by atoms with Crippen molar-refractivity contribution in [2.45, 2.75) is 17.9 Å². The first-order valence-corrected chi connectivity index (χ1v) is 5.17. The molecule has 1 atom stereocenters. The van der Waals surface area contributed by atoms with E-state index in [4.69, 9.17) is 5.73 Å². The van der Waals surface area contributed by atoms with Crippen molar-refractivity contribution < 1.29 is 8.78 Å². The highest BCUT2D eigenvalue weighted by atomic mass is 19.3. The molecule has 1 aromatic carbocycles. The lowest BCUT2D eigenvalue weighted by molar-refractivity contribution is 0.0894. The Bertz CT molecular complexity index is 573. The second-order valence-corrected chi connectivity index (χ2v) is 4.52. The number of nitrogens with zero attached hydrogens (tertiary/aromatic N) is 1. The molecule has 0 saturated heterocycles. The van der Waals surface area contributed by atoms with Crippen LogP contribution in [0.15, 0.2) is 30.5 Å². The minimum absolute atomic E-state index is 0.256. The fourth-order valence-electron chi connectivity index (χ4n) is 2.30. The number of fused-ring (bicyclic) bond motifs is 1. The topological polar surface area (TPSA) is 30.9 Å². The second kappa shape index (κ2) is 2.63. The molecule has 2 N–H and O–H groups in total. The third-order valence-electron chi connectivity index (χ3n) is 3.41. The molecule has 3 rings (SSSR count). The molecule has 84 valence electrons. The molecule has 1 unspecified atom stereocenters. The first-order valence-electron chi connectivity index (χ1n) is 5.17. The van der Waals surface area contributed by atoms with Crippen molar-refractivity contribution in [1.29, 1.82) is 0 Å². The summed E-state index contributed by atoms with van der Waals surface area (Å²) < 4.78 is 28.4. The van der Waals surface area contributed by atoms with Crippen molar-refractivity contribution in [3.05, 3.63) is 36.0 Å². The summed E-state index contributed by atoms with van der Waals surface area (Å²) in [6, 6.07) is 7.48. The van der Waals surface area contributed by atoms with Crippen LogP contribution in [-0.2, 0) is 12.6 Å². The van der Waals surface area contributed by atoms with Gasteiger partial charge in [0, 0.05) is 36.1 Å². The van der Waals surface area contributed by atoms with E-state index in [2.05, 4.69) is 0 Å². The van der Waals surface area contributed by atoms with E-state index in [1.165, 1.54) is 0 Å². The predicted molar refractivity (Wildman–Crippen MR) is 58.3 cm³/mol. The van der Waals surface area contributed by atoms with Gasteiger partial charge in [-0.3, -0.25) is 0 Å². The van der Waals surface area contributed by atoms with Crippen molar-refractivity contribution in [2.24, 2.45) is 12.8 Å². The Balaban J connectivity index is 2.27. The van der Waals surface area contributed by atoms with Crippen molar-refractivity contribution >= 4 is 10.9 Å². The zero-order valence-electron chi connectivity index (χ0n) is 8.87. The number of rotatable bonds is 1. The highest BCUT2D eigenvalue weighted by molar-refractivity contribution is 5.85. The van der Waals surface area contributed by atoms with Crippen molar-refractivity contribution in [1.82, 2.24) is 4.57 Å². The van der Waals surface area contributed by atoms with Gasteiger partial charge in [0.25, 0.3) is 5.92 Å². The van der Waals surface area contributed by atoms with E-state index in [0.29, 0.717) is 5.56 Å². The average molecular weight is 222 g/mol. The highest BCUT2D eigenvalue weighted by Crippen LogP contribution is 2.58. The Labute approximate surface area is 91.7 Å². The van der Waals surface area contributed by atoms with Crippen LogP contribution >= 0.6 is 0 Å². The third kappa shape index (κ3) is 1.02. The third-order valence-corrected chi connectivity index (χ3v) is 3.41. The molecule has 1 aliphatic rings. The summed E-state index contributed by atoms with van der Waals surface area (Å²) in [5.74, 6) is -2.77. The first kappa shape index (κ1) is 9.78. The smallest absolute Gasteiger partial charge is 0.272 e. The number of alkyl halides is 2. The summed E-state index contributed by atoms with van der Waals surface area (Å²) in [7, 11) is 1.84. The van der Waals surface area contributed by atoms with Crippen LogP contribution in [0.2, 0.25) is 0 Å². The van der Waals surface area contributed by atoms with Gasteiger partial charge in [0.15, 0.2) is 0 Å². The van der Waals surface area contributed by atoms with Gasteiger partial charge in [-0.1, -0.05) is 18.2 Å². The van der Waals surface area contributed by atoms with Crippen LogP contribution in [0.1, 0.15) is 12.0 Å². The Morgan fingerprint density at radius 2 is 1.94 bits per heavy atom.